The molecule has 138 valence electrons. The molecule has 0 spiro atoms. The Bertz CT molecular complexity index is 564. The predicted molar refractivity (Wildman–Crippen MR) is 109 cm³/mol. The lowest BCUT2D eigenvalue weighted by atomic mass is 10.1. The highest BCUT2D eigenvalue weighted by Gasteiger charge is 2.27. The molecule has 1 aromatic rings. The first-order chi connectivity index (χ1) is 11.7. The van der Waals surface area contributed by atoms with Crippen LogP contribution in [-0.4, -0.2) is 55.5 Å². The number of nitrogens with one attached hydrogen (secondary N) is 3. The van der Waals surface area contributed by atoms with Gasteiger partial charge in [0.2, 0.25) is 5.91 Å². The number of carbonyl (C=O) groups excluding carboxylic acids is 2. The van der Waals surface area contributed by atoms with Gasteiger partial charge in [0.25, 0.3) is 0 Å². The molecule has 3 amide bonds. The number of aryl methyl sites for hydroxylation is 1. The van der Waals surface area contributed by atoms with Crippen LogP contribution in [0.15, 0.2) is 35.3 Å². The molecule has 1 saturated heterocycles. The second-order valence-electron chi connectivity index (χ2n) is 5.48. The molecule has 1 aliphatic heterocycles. The molecule has 1 aliphatic rings. The molecule has 3 N–H and O–H groups in total. The van der Waals surface area contributed by atoms with E-state index < -0.39 is 0 Å². The fraction of sp³-hybridized carbons (Fsp3) is 0.471. The first kappa shape index (κ1) is 21.2. The Kier molecular flexibility index (Phi) is 9.90. The molecular weight excluding hydrogens is 433 g/mol. The number of nitrogens with zero attached hydrogens (tertiary/aromatic N) is 2. The highest BCUT2D eigenvalue weighted by Crippen LogP contribution is 2.02. The first-order valence-electron chi connectivity index (χ1n) is 8.35. The first-order valence-corrected chi connectivity index (χ1v) is 8.35. The quantitative estimate of drug-likeness (QED) is 0.180. The standard InChI is InChI=1S/C17H25N5O2.HI/c1-2-18-16(19-10-6-9-14-7-4-3-5-8-14)20-11-12-22-15(23)13-21-17(22)24;/h3-5,7-8H,2,6,9-13H2,1H3,(H,21,24)(H2,18,19,20);1H. The van der Waals surface area contributed by atoms with Gasteiger partial charge in [0.15, 0.2) is 5.96 Å². The Morgan fingerprint density at radius 1 is 1.24 bits per heavy atom. The SMILES string of the molecule is CCNC(=NCCCc1ccccc1)NCCN1C(=O)CNC1=O.I. The average molecular weight is 459 g/mol. The van der Waals surface area contributed by atoms with Gasteiger partial charge in [-0.05, 0) is 25.3 Å². The Balaban J connectivity index is 0.00000312. The summed E-state index contributed by atoms with van der Waals surface area (Å²) in [6.07, 6.45) is 1.96. The molecule has 0 radical (unpaired) electrons. The normalized spacial score (nSPS) is 14.1. The summed E-state index contributed by atoms with van der Waals surface area (Å²) in [5.74, 6) is 0.518. The molecule has 8 heteroatoms. The molecular formula is C17H26IN5O2. The minimum atomic E-state index is -0.327. The molecule has 0 saturated carbocycles. The Morgan fingerprint density at radius 2 is 2.00 bits per heavy atom. The third kappa shape index (κ3) is 7.29. The Labute approximate surface area is 165 Å². The van der Waals surface area contributed by atoms with Crippen molar-refractivity contribution in [2.75, 3.05) is 32.7 Å². The topological polar surface area (TPSA) is 85.8 Å². The van der Waals surface area contributed by atoms with Crippen LogP contribution in [0.1, 0.15) is 18.9 Å². The smallest absolute Gasteiger partial charge is 0.324 e. The van der Waals surface area contributed by atoms with E-state index in [0.717, 1.165) is 19.4 Å². The molecule has 1 aromatic carbocycles. The summed E-state index contributed by atoms with van der Waals surface area (Å²) in [6.45, 7) is 4.37. The summed E-state index contributed by atoms with van der Waals surface area (Å²) in [6, 6.07) is 10.0. The van der Waals surface area contributed by atoms with Gasteiger partial charge >= 0.3 is 6.03 Å². The summed E-state index contributed by atoms with van der Waals surface area (Å²) >= 11 is 0. The highest BCUT2D eigenvalue weighted by atomic mass is 127. The van der Waals surface area contributed by atoms with E-state index in [1.807, 2.05) is 25.1 Å². The molecule has 2 rings (SSSR count). The lowest BCUT2D eigenvalue weighted by Crippen LogP contribution is -2.43. The highest BCUT2D eigenvalue weighted by molar-refractivity contribution is 14.0. The van der Waals surface area contributed by atoms with E-state index in [9.17, 15) is 9.59 Å². The van der Waals surface area contributed by atoms with E-state index in [-0.39, 0.29) is 42.5 Å². The third-order valence-corrected chi connectivity index (χ3v) is 3.65. The number of aliphatic imine (C=N–C) groups is 1. The lowest BCUT2D eigenvalue weighted by molar-refractivity contribution is -0.124. The average Bonchev–Trinajstić information content (AvgIpc) is 2.91. The molecule has 0 bridgehead atoms. The summed E-state index contributed by atoms with van der Waals surface area (Å²) in [5, 5.41) is 8.82. The number of carbonyl (C=O) groups is 2. The van der Waals surface area contributed by atoms with Crippen LogP contribution in [-0.2, 0) is 11.2 Å². The van der Waals surface area contributed by atoms with Crippen LogP contribution in [0, 0.1) is 0 Å². The number of rotatable bonds is 8. The monoisotopic (exact) mass is 459 g/mol. The lowest BCUT2D eigenvalue weighted by Gasteiger charge is -2.15. The van der Waals surface area contributed by atoms with Crippen molar-refractivity contribution in [2.45, 2.75) is 19.8 Å². The van der Waals surface area contributed by atoms with E-state index in [1.165, 1.54) is 10.5 Å². The molecule has 0 aliphatic carbocycles. The number of hydrogen-bond acceptors (Lipinski definition) is 3. The van der Waals surface area contributed by atoms with Crippen molar-refractivity contribution in [1.29, 1.82) is 0 Å². The fourth-order valence-electron chi connectivity index (χ4n) is 2.43. The second-order valence-corrected chi connectivity index (χ2v) is 5.48. The van der Waals surface area contributed by atoms with Gasteiger partial charge in [-0.1, -0.05) is 30.3 Å². The van der Waals surface area contributed by atoms with Gasteiger partial charge in [0.1, 0.15) is 0 Å². The maximum Gasteiger partial charge on any atom is 0.324 e. The van der Waals surface area contributed by atoms with E-state index in [1.54, 1.807) is 0 Å². The Morgan fingerprint density at radius 3 is 2.64 bits per heavy atom. The molecule has 0 aromatic heterocycles. The summed E-state index contributed by atoms with van der Waals surface area (Å²) < 4.78 is 0. The van der Waals surface area contributed by atoms with Crippen LogP contribution >= 0.6 is 24.0 Å². The van der Waals surface area contributed by atoms with Gasteiger partial charge in [-0.2, -0.15) is 0 Å². The zero-order valence-electron chi connectivity index (χ0n) is 14.5. The Hall–Kier alpha value is -1.84. The fourth-order valence-corrected chi connectivity index (χ4v) is 2.43. The van der Waals surface area contributed by atoms with Crippen LogP contribution in [0.5, 0.6) is 0 Å². The van der Waals surface area contributed by atoms with E-state index in [0.29, 0.717) is 25.6 Å². The molecule has 25 heavy (non-hydrogen) atoms. The van der Waals surface area contributed by atoms with Crippen LogP contribution in [0.2, 0.25) is 0 Å². The summed E-state index contributed by atoms with van der Waals surface area (Å²) in [5.41, 5.74) is 1.31. The summed E-state index contributed by atoms with van der Waals surface area (Å²) in [4.78, 5) is 28.7. The maximum atomic E-state index is 11.5. The van der Waals surface area contributed by atoms with Crippen molar-refractivity contribution in [3.8, 4) is 0 Å². The minimum absolute atomic E-state index is 0. The number of benzene rings is 1. The van der Waals surface area contributed by atoms with Crippen LogP contribution in [0.3, 0.4) is 0 Å². The maximum absolute atomic E-state index is 11.5. The number of urea groups is 1. The number of guanidine groups is 1. The van der Waals surface area contributed by atoms with Gasteiger partial charge in [-0.3, -0.25) is 14.7 Å². The predicted octanol–water partition coefficient (Wildman–Crippen LogP) is 1.34. The van der Waals surface area contributed by atoms with E-state index >= 15 is 0 Å². The van der Waals surface area contributed by atoms with Crippen LogP contribution < -0.4 is 16.0 Å². The van der Waals surface area contributed by atoms with Crippen LogP contribution in [0.4, 0.5) is 4.79 Å². The van der Waals surface area contributed by atoms with E-state index in [4.69, 9.17) is 0 Å². The van der Waals surface area contributed by atoms with Crippen molar-refractivity contribution in [3.63, 3.8) is 0 Å². The van der Waals surface area contributed by atoms with Crippen molar-refractivity contribution < 1.29 is 9.59 Å². The number of amides is 3. The largest absolute Gasteiger partial charge is 0.357 e. The number of hydrogen-bond donors (Lipinski definition) is 3. The molecule has 0 unspecified atom stereocenters. The second kappa shape index (κ2) is 11.7. The van der Waals surface area contributed by atoms with Crippen molar-refractivity contribution in [2.24, 2.45) is 4.99 Å². The van der Waals surface area contributed by atoms with Gasteiger partial charge in [-0.15, -0.1) is 24.0 Å². The zero-order valence-corrected chi connectivity index (χ0v) is 16.8. The third-order valence-electron chi connectivity index (χ3n) is 3.65. The van der Waals surface area contributed by atoms with Gasteiger partial charge in [-0.25, -0.2) is 4.79 Å². The molecule has 1 heterocycles. The number of imide groups is 1. The van der Waals surface area contributed by atoms with Crippen LogP contribution in [0.25, 0.3) is 0 Å². The van der Waals surface area contributed by atoms with Crippen molar-refractivity contribution in [3.05, 3.63) is 35.9 Å². The van der Waals surface area contributed by atoms with Gasteiger partial charge in [0, 0.05) is 26.2 Å². The summed E-state index contributed by atoms with van der Waals surface area (Å²) in [7, 11) is 0. The van der Waals surface area contributed by atoms with Gasteiger partial charge in [0.05, 0.1) is 6.54 Å². The van der Waals surface area contributed by atoms with Crippen molar-refractivity contribution >= 4 is 41.9 Å². The number of halogens is 1. The van der Waals surface area contributed by atoms with Gasteiger partial charge < -0.3 is 16.0 Å². The molecule has 1 fully saturated rings. The van der Waals surface area contributed by atoms with Crippen molar-refractivity contribution in [1.82, 2.24) is 20.9 Å². The molecule has 7 nitrogen and oxygen atoms in total. The molecule has 0 atom stereocenters. The minimum Gasteiger partial charge on any atom is -0.357 e. The zero-order chi connectivity index (χ0) is 17.2. The van der Waals surface area contributed by atoms with E-state index in [2.05, 4.69) is 33.1 Å².